The highest BCUT2D eigenvalue weighted by molar-refractivity contribution is 9.10. The van der Waals surface area contributed by atoms with Crippen LogP contribution in [0, 0.1) is 6.92 Å². The average Bonchev–Trinajstić information content (AvgIpc) is 2.29. The fourth-order valence-corrected chi connectivity index (χ4v) is 2.11. The Balaban J connectivity index is 2.66. The minimum Gasteiger partial charge on any atom is -0.350 e. The smallest absolute Gasteiger partial charge is 0.251 e. The lowest BCUT2D eigenvalue weighted by Crippen LogP contribution is -2.33. The molecule has 0 aliphatic carbocycles. The van der Waals surface area contributed by atoms with E-state index < -0.39 is 0 Å². The number of aryl methyl sites for hydroxylation is 1. The lowest BCUT2D eigenvalue weighted by molar-refractivity contribution is 0.0937. The molecule has 2 nitrogen and oxygen atoms in total. The maximum Gasteiger partial charge on any atom is 0.251 e. The van der Waals surface area contributed by atoms with Crippen LogP contribution < -0.4 is 5.32 Å². The first-order valence-corrected chi connectivity index (χ1v) is 7.00. The molecule has 0 bridgehead atoms. The van der Waals surface area contributed by atoms with Crippen molar-refractivity contribution < 1.29 is 4.79 Å². The number of carbonyl (C=O) groups excluding carboxylic acids is 1. The molecular formula is C13H17BrClNO. The second kappa shape index (κ2) is 7.02. The highest BCUT2D eigenvalue weighted by Gasteiger charge is 2.12. The molecule has 0 heterocycles. The molecule has 1 atom stereocenters. The zero-order chi connectivity index (χ0) is 12.8. The van der Waals surface area contributed by atoms with Gasteiger partial charge in [-0.25, -0.2) is 0 Å². The fourth-order valence-electron chi connectivity index (χ4n) is 1.60. The summed E-state index contributed by atoms with van der Waals surface area (Å²) in [6.45, 7) is 3.93. The lowest BCUT2D eigenvalue weighted by Gasteiger charge is -2.14. The van der Waals surface area contributed by atoms with E-state index in [0.717, 1.165) is 28.4 Å². The summed E-state index contributed by atoms with van der Waals surface area (Å²) in [5, 5.41) is 2.98. The van der Waals surface area contributed by atoms with E-state index in [1.807, 2.05) is 32.0 Å². The molecule has 0 saturated heterocycles. The van der Waals surface area contributed by atoms with Crippen LogP contribution in [0.15, 0.2) is 22.7 Å². The van der Waals surface area contributed by atoms with Gasteiger partial charge in [-0.15, -0.1) is 11.6 Å². The molecule has 94 valence electrons. The number of amides is 1. The molecule has 1 unspecified atom stereocenters. The van der Waals surface area contributed by atoms with Crippen LogP contribution in [0.2, 0.25) is 0 Å². The maximum atomic E-state index is 12.0. The molecule has 1 amide bonds. The third kappa shape index (κ3) is 4.68. The molecular weight excluding hydrogens is 302 g/mol. The summed E-state index contributed by atoms with van der Waals surface area (Å²) >= 11 is 9.00. The van der Waals surface area contributed by atoms with E-state index in [9.17, 15) is 4.79 Å². The van der Waals surface area contributed by atoms with Crippen molar-refractivity contribution in [1.82, 2.24) is 5.32 Å². The number of carbonyl (C=O) groups is 1. The minimum absolute atomic E-state index is 0.0223. The topological polar surface area (TPSA) is 29.1 Å². The zero-order valence-electron chi connectivity index (χ0n) is 10.1. The summed E-state index contributed by atoms with van der Waals surface area (Å²) < 4.78 is 0.918. The van der Waals surface area contributed by atoms with Crippen molar-refractivity contribution in [1.29, 1.82) is 0 Å². The van der Waals surface area contributed by atoms with E-state index in [4.69, 9.17) is 11.6 Å². The number of halogens is 2. The van der Waals surface area contributed by atoms with Gasteiger partial charge in [-0.3, -0.25) is 4.79 Å². The number of benzene rings is 1. The first-order chi connectivity index (χ1) is 8.04. The molecule has 0 aliphatic rings. The van der Waals surface area contributed by atoms with E-state index >= 15 is 0 Å². The molecule has 0 radical (unpaired) electrons. The van der Waals surface area contributed by atoms with Gasteiger partial charge in [0.15, 0.2) is 0 Å². The molecule has 0 aromatic heterocycles. The number of hydrogen-bond donors (Lipinski definition) is 1. The van der Waals surface area contributed by atoms with Gasteiger partial charge in [0.1, 0.15) is 0 Å². The fraction of sp³-hybridized carbons (Fsp3) is 0.462. The number of hydrogen-bond acceptors (Lipinski definition) is 1. The summed E-state index contributed by atoms with van der Waals surface area (Å²) in [4.78, 5) is 12.0. The Bertz CT molecular complexity index is 395. The summed E-state index contributed by atoms with van der Waals surface area (Å²) in [6.07, 6.45) is 1.82. The van der Waals surface area contributed by atoms with Crippen molar-refractivity contribution in [3.8, 4) is 0 Å². The quantitative estimate of drug-likeness (QED) is 0.820. The predicted octanol–water partition coefficient (Wildman–Crippen LogP) is 3.89. The number of alkyl halides is 1. The molecule has 0 spiro atoms. The van der Waals surface area contributed by atoms with Gasteiger partial charge in [0, 0.05) is 22.0 Å². The van der Waals surface area contributed by atoms with Crippen molar-refractivity contribution in [3.05, 3.63) is 33.8 Å². The molecule has 1 aromatic rings. The first-order valence-electron chi connectivity index (χ1n) is 5.67. The Morgan fingerprint density at radius 3 is 2.88 bits per heavy atom. The molecule has 0 aliphatic heterocycles. The highest BCUT2D eigenvalue weighted by atomic mass is 79.9. The van der Waals surface area contributed by atoms with Crippen LogP contribution >= 0.6 is 27.5 Å². The Morgan fingerprint density at radius 1 is 1.53 bits per heavy atom. The number of rotatable bonds is 5. The standard InChI is InChI=1S/C13H17BrClNO/c1-9-5-6-11(14)8-12(9)13(17)16-10(2)4-3-7-15/h5-6,8,10H,3-4,7H2,1-2H3,(H,16,17). The first kappa shape index (κ1) is 14.5. The van der Waals surface area contributed by atoms with Crippen molar-refractivity contribution in [2.45, 2.75) is 32.7 Å². The monoisotopic (exact) mass is 317 g/mol. The Labute approximate surface area is 116 Å². The summed E-state index contributed by atoms with van der Waals surface area (Å²) in [6, 6.07) is 5.87. The van der Waals surface area contributed by atoms with Crippen LogP contribution in [0.4, 0.5) is 0 Å². The average molecular weight is 319 g/mol. The van der Waals surface area contributed by atoms with Crippen LogP contribution in [0.3, 0.4) is 0 Å². The molecule has 4 heteroatoms. The molecule has 17 heavy (non-hydrogen) atoms. The third-order valence-electron chi connectivity index (χ3n) is 2.59. The van der Waals surface area contributed by atoms with Gasteiger partial charge in [-0.05, 0) is 44.4 Å². The maximum absolute atomic E-state index is 12.0. The van der Waals surface area contributed by atoms with Crippen molar-refractivity contribution in [2.24, 2.45) is 0 Å². The Kier molecular flexibility index (Phi) is 6.00. The van der Waals surface area contributed by atoms with Crippen molar-refractivity contribution in [2.75, 3.05) is 5.88 Å². The van der Waals surface area contributed by atoms with Crippen LogP contribution in [-0.4, -0.2) is 17.8 Å². The summed E-state index contributed by atoms with van der Waals surface area (Å²) in [5.41, 5.74) is 1.70. The Morgan fingerprint density at radius 2 is 2.24 bits per heavy atom. The van der Waals surface area contributed by atoms with E-state index in [1.165, 1.54) is 0 Å². The largest absolute Gasteiger partial charge is 0.350 e. The van der Waals surface area contributed by atoms with Gasteiger partial charge in [0.25, 0.3) is 5.91 Å². The van der Waals surface area contributed by atoms with Gasteiger partial charge in [-0.2, -0.15) is 0 Å². The molecule has 1 N–H and O–H groups in total. The van der Waals surface area contributed by atoms with Gasteiger partial charge in [-0.1, -0.05) is 22.0 Å². The van der Waals surface area contributed by atoms with Gasteiger partial charge >= 0.3 is 0 Å². The summed E-state index contributed by atoms with van der Waals surface area (Å²) in [5.74, 6) is 0.613. The third-order valence-corrected chi connectivity index (χ3v) is 3.35. The Hall–Kier alpha value is -0.540. The van der Waals surface area contributed by atoms with Crippen molar-refractivity contribution >= 4 is 33.4 Å². The normalized spacial score (nSPS) is 12.2. The van der Waals surface area contributed by atoms with Crippen LogP contribution in [0.1, 0.15) is 35.7 Å². The van der Waals surface area contributed by atoms with Gasteiger partial charge < -0.3 is 5.32 Å². The SMILES string of the molecule is Cc1ccc(Br)cc1C(=O)NC(C)CCCCl. The lowest BCUT2D eigenvalue weighted by atomic mass is 10.1. The highest BCUT2D eigenvalue weighted by Crippen LogP contribution is 2.16. The zero-order valence-corrected chi connectivity index (χ0v) is 12.4. The van der Waals surface area contributed by atoms with E-state index in [-0.39, 0.29) is 11.9 Å². The molecule has 1 aromatic carbocycles. The van der Waals surface area contributed by atoms with E-state index in [1.54, 1.807) is 0 Å². The van der Waals surface area contributed by atoms with Crippen LogP contribution in [-0.2, 0) is 0 Å². The van der Waals surface area contributed by atoms with Crippen LogP contribution in [0.5, 0.6) is 0 Å². The predicted molar refractivity (Wildman–Crippen MR) is 75.8 cm³/mol. The van der Waals surface area contributed by atoms with E-state index in [0.29, 0.717) is 5.88 Å². The molecule has 1 rings (SSSR count). The molecule has 0 fully saturated rings. The van der Waals surface area contributed by atoms with Gasteiger partial charge in [0.05, 0.1) is 0 Å². The summed E-state index contributed by atoms with van der Waals surface area (Å²) in [7, 11) is 0. The minimum atomic E-state index is -0.0223. The molecule has 0 saturated carbocycles. The number of nitrogens with one attached hydrogen (secondary N) is 1. The van der Waals surface area contributed by atoms with Gasteiger partial charge in [0.2, 0.25) is 0 Å². The van der Waals surface area contributed by atoms with Crippen LogP contribution in [0.25, 0.3) is 0 Å². The second-order valence-electron chi connectivity index (χ2n) is 4.16. The second-order valence-corrected chi connectivity index (χ2v) is 5.46. The van der Waals surface area contributed by atoms with Crippen molar-refractivity contribution in [3.63, 3.8) is 0 Å². The van der Waals surface area contributed by atoms with E-state index in [2.05, 4.69) is 21.2 Å².